The highest BCUT2D eigenvalue weighted by molar-refractivity contribution is 6.42. The zero-order valence-corrected chi connectivity index (χ0v) is 21.0. The van der Waals surface area contributed by atoms with Gasteiger partial charge in [-0.05, 0) is 62.6 Å². The van der Waals surface area contributed by atoms with Crippen molar-refractivity contribution < 1.29 is 14.3 Å². The number of halogens is 2. The van der Waals surface area contributed by atoms with Crippen molar-refractivity contribution in [1.29, 1.82) is 0 Å². The van der Waals surface area contributed by atoms with Crippen LogP contribution in [0.1, 0.15) is 31.9 Å². The third-order valence-electron chi connectivity index (χ3n) is 5.15. The Morgan fingerprint density at radius 1 is 1.09 bits per heavy atom. The number of carbonyl (C=O) groups is 1. The number of hydrogen-bond donors (Lipinski definition) is 2. The summed E-state index contributed by atoms with van der Waals surface area (Å²) in [4.78, 5) is 14.5. The minimum absolute atomic E-state index is 0.0531. The zero-order valence-electron chi connectivity index (χ0n) is 19.5. The number of nitrogens with one attached hydrogen (secondary N) is 2. The van der Waals surface area contributed by atoms with Crippen LogP contribution in [0.2, 0.25) is 10.0 Å². The van der Waals surface area contributed by atoms with Gasteiger partial charge in [0.15, 0.2) is 0 Å². The van der Waals surface area contributed by atoms with Gasteiger partial charge < -0.3 is 20.1 Å². The van der Waals surface area contributed by atoms with Gasteiger partial charge in [0.05, 0.1) is 22.8 Å². The van der Waals surface area contributed by atoms with Crippen LogP contribution in [-0.2, 0) is 17.7 Å². The molecule has 0 spiro atoms. The van der Waals surface area contributed by atoms with Crippen molar-refractivity contribution in [3.8, 4) is 5.75 Å². The first-order valence-electron chi connectivity index (χ1n) is 11.3. The molecule has 2 aromatic carbocycles. The van der Waals surface area contributed by atoms with E-state index in [1.807, 2.05) is 63.2 Å². The van der Waals surface area contributed by atoms with E-state index >= 15 is 0 Å². The van der Waals surface area contributed by atoms with E-state index in [-0.39, 0.29) is 17.7 Å². The molecule has 3 rings (SSSR count). The molecule has 6 nitrogen and oxygen atoms in total. The lowest BCUT2D eigenvalue weighted by molar-refractivity contribution is -0.0287. The molecule has 1 aliphatic rings. The number of rotatable bonds is 8. The monoisotopic (exact) mass is 493 g/mol. The summed E-state index contributed by atoms with van der Waals surface area (Å²) in [5, 5.41) is 6.94. The van der Waals surface area contributed by atoms with Gasteiger partial charge in [-0.3, -0.25) is 4.90 Å². The van der Waals surface area contributed by atoms with Crippen molar-refractivity contribution >= 4 is 29.2 Å². The van der Waals surface area contributed by atoms with E-state index in [1.165, 1.54) is 0 Å². The van der Waals surface area contributed by atoms with E-state index in [9.17, 15) is 4.79 Å². The molecule has 0 saturated carbocycles. The minimum Gasteiger partial charge on any atom is -0.488 e. The third-order valence-corrected chi connectivity index (χ3v) is 5.89. The smallest absolute Gasteiger partial charge is 0.314 e. The van der Waals surface area contributed by atoms with Gasteiger partial charge in [-0.25, -0.2) is 4.79 Å². The van der Waals surface area contributed by atoms with E-state index in [0.29, 0.717) is 29.7 Å². The normalized spacial score (nSPS) is 16.9. The molecule has 1 atom stereocenters. The molecule has 180 valence electrons. The molecule has 0 aliphatic carbocycles. The van der Waals surface area contributed by atoms with Crippen LogP contribution < -0.4 is 15.4 Å². The van der Waals surface area contributed by atoms with Crippen LogP contribution in [0.15, 0.2) is 42.5 Å². The lowest BCUT2D eigenvalue weighted by Gasteiger charge is -2.33. The Balaban J connectivity index is 1.35. The third kappa shape index (κ3) is 9.05. The Bertz CT molecular complexity index is 916. The SMILES string of the molecule is CC(C)(C)Oc1ccc(CCNC(=O)NCC2CN(Cc3ccc(Cl)c(Cl)c3)CCO2)cc1. The lowest BCUT2D eigenvalue weighted by Crippen LogP contribution is -2.48. The standard InChI is InChI=1S/C25H33Cl2N3O3/c1-25(2,3)33-20-7-4-18(5-8-20)10-11-28-24(31)29-15-21-17-30(12-13-32-21)16-19-6-9-22(26)23(27)14-19/h4-9,14,21H,10-13,15-17H2,1-3H3,(H2,28,29,31). The van der Waals surface area contributed by atoms with Gasteiger partial charge in [0.2, 0.25) is 0 Å². The topological polar surface area (TPSA) is 62.8 Å². The molecule has 33 heavy (non-hydrogen) atoms. The summed E-state index contributed by atoms with van der Waals surface area (Å²) in [6.07, 6.45) is 0.697. The summed E-state index contributed by atoms with van der Waals surface area (Å²) in [5.41, 5.74) is 2.03. The number of hydrogen-bond acceptors (Lipinski definition) is 4. The van der Waals surface area contributed by atoms with Crippen LogP contribution in [0, 0.1) is 0 Å². The number of nitrogens with zero attached hydrogens (tertiary/aromatic N) is 1. The summed E-state index contributed by atoms with van der Waals surface area (Å²) in [6.45, 7) is 10.1. The first-order chi connectivity index (χ1) is 15.7. The maximum Gasteiger partial charge on any atom is 0.314 e. The molecule has 0 aromatic heterocycles. The predicted molar refractivity (Wildman–Crippen MR) is 133 cm³/mol. The van der Waals surface area contributed by atoms with Crippen LogP contribution in [0.5, 0.6) is 5.75 Å². The van der Waals surface area contributed by atoms with E-state index in [1.54, 1.807) is 0 Å². The highest BCUT2D eigenvalue weighted by Gasteiger charge is 2.21. The second-order valence-electron chi connectivity index (χ2n) is 9.22. The minimum atomic E-state index is -0.218. The second kappa shape index (κ2) is 11.9. The lowest BCUT2D eigenvalue weighted by atomic mass is 10.1. The van der Waals surface area contributed by atoms with E-state index in [0.717, 1.165) is 42.9 Å². The Labute approximate surface area is 206 Å². The molecule has 1 fully saturated rings. The maximum absolute atomic E-state index is 12.2. The molecule has 1 heterocycles. The van der Waals surface area contributed by atoms with Gasteiger partial charge in [0.1, 0.15) is 11.4 Å². The maximum atomic E-state index is 12.2. The number of ether oxygens (including phenoxy) is 2. The summed E-state index contributed by atoms with van der Waals surface area (Å²) >= 11 is 12.1. The van der Waals surface area contributed by atoms with E-state index in [2.05, 4.69) is 15.5 Å². The zero-order chi connectivity index (χ0) is 23.8. The summed E-state index contributed by atoms with van der Waals surface area (Å²) in [7, 11) is 0. The fraction of sp³-hybridized carbons (Fsp3) is 0.480. The Morgan fingerprint density at radius 2 is 1.82 bits per heavy atom. The van der Waals surface area contributed by atoms with Gasteiger partial charge in [-0.2, -0.15) is 0 Å². The number of amides is 2. The number of carbonyl (C=O) groups excluding carboxylic acids is 1. The predicted octanol–water partition coefficient (Wildman–Crippen LogP) is 4.91. The van der Waals surface area contributed by atoms with Gasteiger partial charge >= 0.3 is 6.03 Å². The van der Waals surface area contributed by atoms with Gasteiger partial charge in [0, 0.05) is 32.7 Å². The van der Waals surface area contributed by atoms with E-state index < -0.39 is 0 Å². The Morgan fingerprint density at radius 3 is 2.52 bits per heavy atom. The molecule has 2 N–H and O–H groups in total. The molecule has 0 radical (unpaired) electrons. The molecular formula is C25H33Cl2N3O3. The van der Waals surface area contributed by atoms with Crippen molar-refractivity contribution in [1.82, 2.24) is 15.5 Å². The quantitative estimate of drug-likeness (QED) is 0.548. The average Bonchev–Trinajstić information content (AvgIpc) is 2.75. The summed E-state index contributed by atoms with van der Waals surface area (Å²) < 4.78 is 11.6. The number of benzene rings is 2. The Kier molecular flexibility index (Phi) is 9.27. The van der Waals surface area contributed by atoms with Gasteiger partial charge in [0.25, 0.3) is 0 Å². The molecule has 1 aliphatic heterocycles. The fourth-order valence-corrected chi connectivity index (χ4v) is 3.93. The molecule has 2 aromatic rings. The molecular weight excluding hydrogens is 461 g/mol. The summed E-state index contributed by atoms with van der Waals surface area (Å²) in [6, 6.07) is 13.5. The first-order valence-corrected chi connectivity index (χ1v) is 12.0. The Hall–Kier alpha value is -1.99. The van der Waals surface area contributed by atoms with Crippen LogP contribution in [0.4, 0.5) is 4.79 Å². The fourth-order valence-electron chi connectivity index (χ4n) is 3.61. The van der Waals surface area contributed by atoms with Gasteiger partial charge in [-0.15, -0.1) is 0 Å². The molecule has 1 unspecified atom stereocenters. The number of urea groups is 1. The van der Waals surface area contributed by atoms with Gasteiger partial charge in [-0.1, -0.05) is 41.4 Å². The van der Waals surface area contributed by atoms with Crippen molar-refractivity contribution in [3.05, 3.63) is 63.6 Å². The molecule has 1 saturated heterocycles. The van der Waals surface area contributed by atoms with E-state index in [4.69, 9.17) is 32.7 Å². The van der Waals surface area contributed by atoms with Crippen LogP contribution in [0.3, 0.4) is 0 Å². The highest BCUT2D eigenvalue weighted by Crippen LogP contribution is 2.23. The molecule has 8 heteroatoms. The van der Waals surface area contributed by atoms with Crippen molar-refractivity contribution in [2.45, 2.75) is 45.4 Å². The largest absolute Gasteiger partial charge is 0.488 e. The van der Waals surface area contributed by atoms with Crippen LogP contribution in [-0.4, -0.2) is 55.4 Å². The molecule has 0 bridgehead atoms. The first kappa shape index (κ1) is 25.6. The van der Waals surface area contributed by atoms with Crippen molar-refractivity contribution in [2.24, 2.45) is 0 Å². The molecule has 2 amide bonds. The van der Waals surface area contributed by atoms with Crippen molar-refractivity contribution in [2.75, 3.05) is 32.8 Å². The number of morpholine rings is 1. The second-order valence-corrected chi connectivity index (χ2v) is 10.0. The highest BCUT2D eigenvalue weighted by atomic mass is 35.5. The average molecular weight is 494 g/mol. The summed E-state index contributed by atoms with van der Waals surface area (Å²) in [5.74, 6) is 0.845. The van der Waals surface area contributed by atoms with Crippen LogP contribution >= 0.6 is 23.2 Å². The van der Waals surface area contributed by atoms with Crippen LogP contribution in [0.25, 0.3) is 0 Å². The van der Waals surface area contributed by atoms with Crippen molar-refractivity contribution in [3.63, 3.8) is 0 Å².